The normalized spacial score (nSPS) is 17.9. The Balaban J connectivity index is 1.98. The summed E-state index contributed by atoms with van der Waals surface area (Å²) < 4.78 is 0. The van der Waals surface area contributed by atoms with Gasteiger partial charge in [-0.3, -0.25) is 9.88 Å². The third kappa shape index (κ3) is 3.53. The van der Waals surface area contributed by atoms with E-state index in [2.05, 4.69) is 23.0 Å². The van der Waals surface area contributed by atoms with E-state index in [0.717, 1.165) is 18.3 Å². The highest BCUT2D eigenvalue weighted by molar-refractivity contribution is 5.19. The van der Waals surface area contributed by atoms with Crippen molar-refractivity contribution in [3.63, 3.8) is 0 Å². The lowest BCUT2D eigenvalue weighted by atomic mass is 10.1. The van der Waals surface area contributed by atoms with E-state index in [-0.39, 0.29) is 0 Å². The van der Waals surface area contributed by atoms with Crippen LogP contribution in [0.2, 0.25) is 0 Å². The standard InChI is InChI=1S/C15H25N3/c1-18(14-8-4-2-3-5-9-14)12-13-7-6-10-17-15(13)11-16/h6-7,10,14H,2-5,8-9,11-12,16H2,1H3. The molecular formula is C15H25N3. The fraction of sp³-hybridized carbons (Fsp3) is 0.667. The second kappa shape index (κ2) is 6.86. The highest BCUT2D eigenvalue weighted by Crippen LogP contribution is 2.22. The Morgan fingerprint density at radius 3 is 2.67 bits per heavy atom. The van der Waals surface area contributed by atoms with E-state index < -0.39 is 0 Å². The molecule has 1 aromatic rings. The molecule has 0 atom stereocenters. The van der Waals surface area contributed by atoms with Crippen LogP contribution >= 0.6 is 0 Å². The predicted octanol–water partition coefficient (Wildman–Crippen LogP) is 2.69. The molecule has 0 saturated heterocycles. The van der Waals surface area contributed by atoms with Gasteiger partial charge in [0.15, 0.2) is 0 Å². The molecule has 0 spiro atoms. The van der Waals surface area contributed by atoms with Crippen molar-refractivity contribution in [3.8, 4) is 0 Å². The summed E-state index contributed by atoms with van der Waals surface area (Å²) in [5, 5.41) is 0. The molecule has 0 aromatic carbocycles. The van der Waals surface area contributed by atoms with Crippen molar-refractivity contribution in [1.29, 1.82) is 0 Å². The third-order valence-electron chi connectivity index (χ3n) is 4.05. The summed E-state index contributed by atoms with van der Waals surface area (Å²) >= 11 is 0. The van der Waals surface area contributed by atoms with Gasteiger partial charge in [-0.2, -0.15) is 0 Å². The minimum Gasteiger partial charge on any atom is -0.325 e. The van der Waals surface area contributed by atoms with E-state index >= 15 is 0 Å². The number of hydrogen-bond donors (Lipinski definition) is 1. The minimum atomic E-state index is 0.536. The second-order valence-electron chi connectivity index (χ2n) is 5.37. The van der Waals surface area contributed by atoms with Gasteiger partial charge < -0.3 is 5.73 Å². The van der Waals surface area contributed by atoms with Crippen LogP contribution in [0.4, 0.5) is 0 Å². The smallest absolute Gasteiger partial charge is 0.0584 e. The minimum absolute atomic E-state index is 0.536. The molecule has 1 fully saturated rings. The maximum Gasteiger partial charge on any atom is 0.0584 e. The van der Waals surface area contributed by atoms with E-state index in [1.165, 1.54) is 44.1 Å². The molecule has 3 nitrogen and oxygen atoms in total. The largest absolute Gasteiger partial charge is 0.325 e. The molecule has 3 heteroatoms. The van der Waals surface area contributed by atoms with Crippen molar-refractivity contribution in [1.82, 2.24) is 9.88 Å². The molecule has 0 bridgehead atoms. The van der Waals surface area contributed by atoms with Crippen LogP contribution in [0, 0.1) is 0 Å². The van der Waals surface area contributed by atoms with Gasteiger partial charge in [0.2, 0.25) is 0 Å². The summed E-state index contributed by atoms with van der Waals surface area (Å²) in [6, 6.07) is 4.90. The van der Waals surface area contributed by atoms with Crippen LogP contribution in [-0.4, -0.2) is 23.0 Å². The van der Waals surface area contributed by atoms with Crippen molar-refractivity contribution in [2.75, 3.05) is 7.05 Å². The lowest BCUT2D eigenvalue weighted by Crippen LogP contribution is -2.31. The molecule has 1 aliphatic rings. The lowest BCUT2D eigenvalue weighted by Gasteiger charge is -2.27. The van der Waals surface area contributed by atoms with Crippen LogP contribution in [0.25, 0.3) is 0 Å². The van der Waals surface area contributed by atoms with Crippen LogP contribution in [0.15, 0.2) is 18.3 Å². The molecule has 0 radical (unpaired) electrons. The average Bonchev–Trinajstić information content (AvgIpc) is 2.68. The van der Waals surface area contributed by atoms with E-state index in [4.69, 9.17) is 5.73 Å². The predicted molar refractivity (Wildman–Crippen MR) is 75.1 cm³/mol. The number of pyridine rings is 1. The lowest BCUT2D eigenvalue weighted by molar-refractivity contribution is 0.212. The molecule has 1 aromatic heterocycles. The summed E-state index contributed by atoms with van der Waals surface area (Å²) in [7, 11) is 2.24. The molecule has 2 N–H and O–H groups in total. The Morgan fingerprint density at radius 1 is 1.28 bits per heavy atom. The summed E-state index contributed by atoms with van der Waals surface area (Å²) in [4.78, 5) is 6.85. The number of aromatic nitrogens is 1. The van der Waals surface area contributed by atoms with Gasteiger partial charge in [-0.25, -0.2) is 0 Å². The van der Waals surface area contributed by atoms with Crippen LogP contribution in [-0.2, 0) is 13.1 Å². The molecule has 0 aliphatic heterocycles. The number of hydrogen-bond acceptors (Lipinski definition) is 3. The number of rotatable bonds is 4. The molecule has 2 rings (SSSR count). The van der Waals surface area contributed by atoms with Crippen LogP contribution in [0.1, 0.15) is 49.8 Å². The summed E-state index contributed by atoms with van der Waals surface area (Å²) in [5.74, 6) is 0. The summed E-state index contributed by atoms with van der Waals surface area (Å²) in [6.07, 6.45) is 10.1. The Labute approximate surface area is 110 Å². The highest BCUT2D eigenvalue weighted by atomic mass is 15.1. The van der Waals surface area contributed by atoms with Gasteiger partial charge in [0, 0.05) is 25.3 Å². The fourth-order valence-electron chi connectivity index (χ4n) is 2.90. The topological polar surface area (TPSA) is 42.2 Å². The van der Waals surface area contributed by atoms with Gasteiger partial charge in [0.25, 0.3) is 0 Å². The van der Waals surface area contributed by atoms with E-state index in [0.29, 0.717) is 6.54 Å². The molecule has 100 valence electrons. The summed E-state index contributed by atoms with van der Waals surface area (Å²) in [6.45, 7) is 1.51. The van der Waals surface area contributed by atoms with E-state index in [9.17, 15) is 0 Å². The van der Waals surface area contributed by atoms with Gasteiger partial charge >= 0.3 is 0 Å². The first-order valence-electron chi connectivity index (χ1n) is 7.14. The third-order valence-corrected chi connectivity index (χ3v) is 4.05. The fourth-order valence-corrected chi connectivity index (χ4v) is 2.90. The Hall–Kier alpha value is -0.930. The van der Waals surface area contributed by atoms with Crippen molar-refractivity contribution in [2.45, 2.75) is 57.7 Å². The first-order valence-corrected chi connectivity index (χ1v) is 7.14. The molecule has 0 amide bonds. The van der Waals surface area contributed by atoms with E-state index in [1.54, 1.807) is 0 Å². The van der Waals surface area contributed by atoms with Crippen molar-refractivity contribution < 1.29 is 0 Å². The average molecular weight is 247 g/mol. The van der Waals surface area contributed by atoms with Gasteiger partial charge in [0.1, 0.15) is 0 Å². The zero-order valence-corrected chi connectivity index (χ0v) is 11.4. The molecule has 18 heavy (non-hydrogen) atoms. The molecule has 1 heterocycles. The highest BCUT2D eigenvalue weighted by Gasteiger charge is 2.17. The Bertz CT molecular complexity index is 357. The summed E-state index contributed by atoms with van der Waals surface area (Å²) in [5.41, 5.74) is 8.07. The van der Waals surface area contributed by atoms with Crippen molar-refractivity contribution >= 4 is 0 Å². The van der Waals surface area contributed by atoms with Gasteiger partial charge in [0.05, 0.1) is 5.69 Å². The molecule has 0 unspecified atom stereocenters. The number of nitrogens with two attached hydrogens (primary N) is 1. The Morgan fingerprint density at radius 2 is 2.00 bits per heavy atom. The van der Waals surface area contributed by atoms with Gasteiger partial charge in [-0.1, -0.05) is 31.7 Å². The van der Waals surface area contributed by atoms with Crippen LogP contribution < -0.4 is 5.73 Å². The molecule has 1 saturated carbocycles. The van der Waals surface area contributed by atoms with E-state index in [1.807, 2.05) is 12.3 Å². The SMILES string of the molecule is CN(Cc1cccnc1CN)C1CCCCCC1. The number of nitrogens with zero attached hydrogens (tertiary/aromatic N) is 2. The van der Waals surface area contributed by atoms with Crippen molar-refractivity contribution in [2.24, 2.45) is 5.73 Å². The molecular weight excluding hydrogens is 222 g/mol. The Kier molecular flexibility index (Phi) is 5.14. The monoisotopic (exact) mass is 247 g/mol. The van der Waals surface area contributed by atoms with Crippen LogP contribution in [0.3, 0.4) is 0 Å². The first kappa shape index (κ1) is 13.5. The maximum atomic E-state index is 5.75. The molecule has 1 aliphatic carbocycles. The van der Waals surface area contributed by atoms with Gasteiger partial charge in [-0.15, -0.1) is 0 Å². The zero-order valence-electron chi connectivity index (χ0n) is 11.4. The van der Waals surface area contributed by atoms with Crippen LogP contribution in [0.5, 0.6) is 0 Å². The quantitative estimate of drug-likeness (QED) is 0.832. The van der Waals surface area contributed by atoms with Gasteiger partial charge in [-0.05, 0) is 31.5 Å². The zero-order chi connectivity index (χ0) is 12.8. The van der Waals surface area contributed by atoms with Crippen molar-refractivity contribution in [3.05, 3.63) is 29.6 Å². The maximum absolute atomic E-state index is 5.75. The second-order valence-corrected chi connectivity index (χ2v) is 5.37. The first-order chi connectivity index (χ1) is 8.81.